The van der Waals surface area contributed by atoms with Gasteiger partial charge in [-0.05, 0) is 30.2 Å². The van der Waals surface area contributed by atoms with Crippen LogP contribution in [0.2, 0.25) is 0 Å². The number of sulfone groups is 1. The molecule has 0 aliphatic carbocycles. The van der Waals surface area contributed by atoms with Crippen molar-refractivity contribution in [2.75, 3.05) is 0 Å². The summed E-state index contributed by atoms with van der Waals surface area (Å²) in [6.07, 6.45) is 0. The van der Waals surface area contributed by atoms with Crippen LogP contribution in [0, 0.1) is 5.92 Å². The van der Waals surface area contributed by atoms with Crippen LogP contribution in [0.25, 0.3) is 0 Å². The summed E-state index contributed by atoms with van der Waals surface area (Å²) in [6.45, 7) is 3.50. The van der Waals surface area contributed by atoms with Gasteiger partial charge in [-0.2, -0.15) is 8.78 Å². The number of carbonyl (C=O) groups is 1. The topological polar surface area (TPSA) is 71.4 Å². The number of carboxylic acid groups (broad SMARTS) is 1. The average Bonchev–Trinajstić information content (AvgIpc) is 2.35. The molecule has 0 spiro atoms. The van der Waals surface area contributed by atoms with Gasteiger partial charge in [0.2, 0.25) is 9.84 Å². The van der Waals surface area contributed by atoms with E-state index in [1.807, 2.05) is 0 Å². The van der Waals surface area contributed by atoms with Gasteiger partial charge in [-0.1, -0.05) is 13.8 Å². The van der Waals surface area contributed by atoms with Crippen molar-refractivity contribution < 1.29 is 27.1 Å². The summed E-state index contributed by atoms with van der Waals surface area (Å²) >= 11 is 1.05. The molecule has 4 nitrogen and oxygen atoms in total. The minimum atomic E-state index is -4.61. The van der Waals surface area contributed by atoms with E-state index in [0.717, 1.165) is 23.9 Å². The quantitative estimate of drug-likeness (QED) is 0.815. The highest BCUT2D eigenvalue weighted by atomic mass is 32.2. The maximum absolute atomic E-state index is 12.3. The number of thioether (sulfide) groups is 1. The number of aliphatic carboxylic acids is 1. The van der Waals surface area contributed by atoms with E-state index in [4.69, 9.17) is 5.11 Å². The molecule has 1 N–H and O–H groups in total. The predicted octanol–water partition coefficient (Wildman–Crippen LogP) is 2.88. The van der Waals surface area contributed by atoms with E-state index >= 15 is 0 Å². The number of hydrogen-bond donors (Lipinski definition) is 1. The van der Waals surface area contributed by atoms with Crippen molar-refractivity contribution >= 4 is 27.6 Å². The second kappa shape index (κ2) is 6.53. The number of alkyl halides is 2. The number of hydrogen-bond acceptors (Lipinski definition) is 4. The molecule has 0 aliphatic rings. The van der Waals surface area contributed by atoms with Crippen LogP contribution in [0.5, 0.6) is 0 Å². The van der Waals surface area contributed by atoms with E-state index in [9.17, 15) is 22.0 Å². The highest BCUT2D eigenvalue weighted by molar-refractivity contribution is 8.00. The first-order valence-corrected chi connectivity index (χ1v) is 8.10. The Kier molecular flexibility index (Phi) is 5.52. The van der Waals surface area contributed by atoms with Crippen molar-refractivity contribution in [3.05, 3.63) is 24.3 Å². The van der Waals surface area contributed by atoms with Crippen LogP contribution in [0.3, 0.4) is 0 Å². The summed E-state index contributed by atoms with van der Waals surface area (Å²) < 4.78 is 47.2. The van der Waals surface area contributed by atoms with E-state index < -0.39 is 31.7 Å². The minimum absolute atomic E-state index is 0.123. The summed E-state index contributed by atoms with van der Waals surface area (Å²) in [5.74, 6) is -4.57. The highest BCUT2D eigenvalue weighted by Gasteiger charge is 2.27. The molecule has 0 heterocycles. The lowest BCUT2D eigenvalue weighted by Crippen LogP contribution is -2.22. The molecule has 1 rings (SSSR count). The van der Waals surface area contributed by atoms with Crippen molar-refractivity contribution in [1.82, 2.24) is 0 Å². The first-order valence-electron chi connectivity index (χ1n) is 5.68. The lowest BCUT2D eigenvalue weighted by atomic mass is 10.1. The molecule has 0 fully saturated rings. The molecule has 0 saturated carbocycles. The van der Waals surface area contributed by atoms with Crippen molar-refractivity contribution in [2.24, 2.45) is 5.92 Å². The molecule has 0 radical (unpaired) electrons. The van der Waals surface area contributed by atoms with Crippen LogP contribution in [0.1, 0.15) is 13.8 Å². The van der Waals surface area contributed by atoms with Crippen LogP contribution < -0.4 is 0 Å². The average molecular weight is 324 g/mol. The van der Waals surface area contributed by atoms with Gasteiger partial charge in [0.25, 0.3) is 0 Å². The molecule has 0 bridgehead atoms. The fourth-order valence-corrected chi connectivity index (χ4v) is 3.11. The summed E-state index contributed by atoms with van der Waals surface area (Å²) in [5, 5.41) is 8.36. The summed E-state index contributed by atoms with van der Waals surface area (Å²) in [4.78, 5) is 11.1. The van der Waals surface area contributed by atoms with Gasteiger partial charge in [-0.3, -0.25) is 4.79 Å². The smallest absolute Gasteiger partial charge is 0.341 e. The van der Waals surface area contributed by atoms with Gasteiger partial charge >= 0.3 is 11.7 Å². The van der Waals surface area contributed by atoms with E-state index in [0.29, 0.717) is 4.90 Å². The van der Waals surface area contributed by atoms with Gasteiger partial charge < -0.3 is 5.11 Å². The van der Waals surface area contributed by atoms with Crippen molar-refractivity contribution in [2.45, 2.75) is 34.6 Å². The molecule has 112 valence electrons. The van der Waals surface area contributed by atoms with Crippen molar-refractivity contribution in [3.8, 4) is 0 Å². The zero-order valence-corrected chi connectivity index (χ0v) is 12.4. The molecule has 1 aromatic carbocycles. The molecule has 0 aromatic heterocycles. The second-order valence-electron chi connectivity index (χ2n) is 4.40. The van der Waals surface area contributed by atoms with Gasteiger partial charge in [-0.15, -0.1) is 11.8 Å². The third kappa shape index (κ3) is 3.92. The fourth-order valence-electron chi connectivity index (χ4n) is 1.43. The Morgan fingerprint density at radius 2 is 1.70 bits per heavy atom. The first-order chi connectivity index (χ1) is 9.16. The Labute approximate surface area is 120 Å². The first kappa shape index (κ1) is 16.9. The maximum Gasteiger partial charge on any atom is 0.341 e. The molecule has 0 amide bonds. The number of rotatable bonds is 6. The molecule has 1 aromatic rings. The van der Waals surface area contributed by atoms with Gasteiger partial charge in [-0.25, -0.2) is 8.42 Å². The summed E-state index contributed by atoms with van der Waals surface area (Å²) in [5.41, 5.74) is 0. The maximum atomic E-state index is 12.3. The Morgan fingerprint density at radius 3 is 2.05 bits per heavy atom. The minimum Gasteiger partial charge on any atom is -0.480 e. The molecule has 0 saturated heterocycles. The Hall–Kier alpha value is -1.15. The molecule has 20 heavy (non-hydrogen) atoms. The van der Waals surface area contributed by atoms with Crippen LogP contribution >= 0.6 is 11.8 Å². The molecule has 1 atom stereocenters. The summed E-state index contributed by atoms with van der Waals surface area (Å²) in [6, 6.07) is 4.78. The van der Waals surface area contributed by atoms with Crippen LogP contribution in [-0.2, 0) is 14.6 Å². The van der Waals surface area contributed by atoms with Crippen molar-refractivity contribution in [1.29, 1.82) is 0 Å². The lowest BCUT2D eigenvalue weighted by molar-refractivity contribution is -0.137. The molecular formula is C12H14F2O4S2. The lowest BCUT2D eigenvalue weighted by Gasteiger charge is -2.15. The molecule has 8 heteroatoms. The summed E-state index contributed by atoms with van der Waals surface area (Å²) in [7, 11) is -4.61. The van der Waals surface area contributed by atoms with Crippen LogP contribution in [-0.4, -0.2) is 30.5 Å². The zero-order chi connectivity index (χ0) is 15.5. The van der Waals surface area contributed by atoms with E-state index in [1.165, 1.54) is 12.1 Å². The van der Waals surface area contributed by atoms with Crippen molar-refractivity contribution in [3.63, 3.8) is 0 Å². The standard InChI is InChI=1S/C12H14F2O4S2/c1-7(2)10(11(15)16)19-8-3-5-9(6-4-8)20(17,18)12(13)14/h3-7,10,12H,1-2H3,(H,15,16). The SMILES string of the molecule is CC(C)C(Sc1ccc(S(=O)(=O)C(F)F)cc1)C(=O)O. The largest absolute Gasteiger partial charge is 0.480 e. The number of halogens is 2. The van der Waals surface area contributed by atoms with E-state index in [2.05, 4.69) is 0 Å². The van der Waals surface area contributed by atoms with E-state index in [1.54, 1.807) is 13.8 Å². The Bertz CT molecular complexity index is 568. The van der Waals surface area contributed by atoms with Gasteiger partial charge in [0.05, 0.1) is 4.90 Å². The normalized spacial score (nSPS) is 13.7. The number of benzene rings is 1. The third-order valence-corrected chi connectivity index (χ3v) is 5.44. The Balaban J connectivity index is 2.95. The van der Waals surface area contributed by atoms with Gasteiger partial charge in [0.15, 0.2) is 0 Å². The molecular weight excluding hydrogens is 310 g/mol. The molecule has 0 aliphatic heterocycles. The van der Waals surface area contributed by atoms with Crippen LogP contribution in [0.4, 0.5) is 8.78 Å². The number of carboxylic acids is 1. The fraction of sp³-hybridized carbons (Fsp3) is 0.417. The molecule has 1 unspecified atom stereocenters. The highest BCUT2D eigenvalue weighted by Crippen LogP contribution is 2.29. The monoisotopic (exact) mass is 324 g/mol. The Morgan fingerprint density at radius 1 is 1.20 bits per heavy atom. The predicted molar refractivity (Wildman–Crippen MR) is 71.8 cm³/mol. The van der Waals surface area contributed by atoms with Crippen LogP contribution in [0.15, 0.2) is 34.1 Å². The van der Waals surface area contributed by atoms with E-state index in [-0.39, 0.29) is 5.92 Å². The third-order valence-electron chi connectivity index (χ3n) is 2.50. The van der Waals surface area contributed by atoms with Gasteiger partial charge in [0, 0.05) is 4.90 Å². The second-order valence-corrected chi connectivity index (χ2v) is 7.53. The zero-order valence-electron chi connectivity index (χ0n) is 10.8. The van der Waals surface area contributed by atoms with Gasteiger partial charge in [0.1, 0.15) is 5.25 Å².